The van der Waals surface area contributed by atoms with Crippen LogP contribution in [0.4, 0.5) is 0 Å². The second kappa shape index (κ2) is 10.3. The van der Waals surface area contributed by atoms with Gasteiger partial charge in [0.25, 0.3) is 5.91 Å². The molecule has 1 N–H and O–H groups in total. The Balaban J connectivity index is 1.58. The summed E-state index contributed by atoms with van der Waals surface area (Å²) in [6, 6.07) is 11.6. The quantitative estimate of drug-likeness (QED) is 0.331. The number of hydrogen-bond acceptors (Lipinski definition) is 9. The van der Waals surface area contributed by atoms with Crippen LogP contribution < -0.4 is 9.47 Å². The summed E-state index contributed by atoms with van der Waals surface area (Å²) < 4.78 is 35.8. The van der Waals surface area contributed by atoms with Gasteiger partial charge in [0, 0.05) is 0 Å². The molecule has 0 atom stereocenters. The van der Waals surface area contributed by atoms with E-state index >= 15 is 0 Å². The molecule has 0 radical (unpaired) electrons. The molecule has 0 saturated carbocycles. The fourth-order valence-corrected chi connectivity index (χ4v) is 6.27. The van der Waals surface area contributed by atoms with Gasteiger partial charge in [-0.2, -0.15) is 10.0 Å². The second-order valence-corrected chi connectivity index (χ2v) is 11.9. The molecule has 4 rings (SSSR count). The van der Waals surface area contributed by atoms with Crippen molar-refractivity contribution in [1.29, 1.82) is 5.41 Å². The molecule has 2 aromatic carbocycles. The maximum Gasteiger partial charge on any atom is 0.343 e. The number of carbonyl (C=O) groups is 2. The topological polar surface area (TPSA) is 139 Å². The minimum absolute atomic E-state index is 0.0189. The molecule has 0 fully saturated rings. The van der Waals surface area contributed by atoms with E-state index in [0.29, 0.717) is 11.1 Å². The van der Waals surface area contributed by atoms with Crippen LogP contribution in [0.3, 0.4) is 0 Å². The lowest BCUT2D eigenvalue weighted by Crippen LogP contribution is -2.35. The van der Waals surface area contributed by atoms with E-state index in [-0.39, 0.29) is 44.1 Å². The monoisotopic (exact) mass is 540 g/mol. The summed E-state index contributed by atoms with van der Waals surface area (Å²) >= 11 is 0.753. The Hall–Kier alpha value is -3.77. The van der Waals surface area contributed by atoms with Crippen LogP contribution in [0.25, 0.3) is 6.08 Å². The van der Waals surface area contributed by atoms with Gasteiger partial charge in [0.15, 0.2) is 17.3 Å². The van der Waals surface area contributed by atoms with E-state index in [1.54, 1.807) is 50.2 Å². The summed E-state index contributed by atoms with van der Waals surface area (Å²) in [5, 5.41) is 13.6. The lowest BCUT2D eigenvalue weighted by Gasteiger charge is -2.20. The molecule has 0 aromatic heterocycles. The molecule has 1 amide bonds. The highest BCUT2D eigenvalue weighted by Gasteiger charge is 2.39. The molecule has 192 valence electrons. The minimum atomic E-state index is -3.68. The predicted molar refractivity (Wildman–Crippen MR) is 143 cm³/mol. The third-order valence-corrected chi connectivity index (χ3v) is 8.68. The molecular weight excluding hydrogens is 516 g/mol. The van der Waals surface area contributed by atoms with Gasteiger partial charge in [0.1, 0.15) is 0 Å². The van der Waals surface area contributed by atoms with Gasteiger partial charge in [0.2, 0.25) is 19.4 Å². The highest BCUT2D eigenvalue weighted by Crippen LogP contribution is 2.33. The summed E-state index contributed by atoms with van der Waals surface area (Å²) in [4.78, 5) is 29.1. The summed E-state index contributed by atoms with van der Waals surface area (Å²) in [5.41, 5.74) is 1.79. The smallest absolute Gasteiger partial charge is 0.343 e. The van der Waals surface area contributed by atoms with E-state index in [2.05, 4.69) is 10.1 Å². The van der Waals surface area contributed by atoms with Gasteiger partial charge in [-0.3, -0.25) is 10.2 Å². The highest BCUT2D eigenvalue weighted by atomic mass is 32.3. The van der Waals surface area contributed by atoms with Crippen molar-refractivity contribution in [2.45, 2.75) is 20.8 Å². The van der Waals surface area contributed by atoms with Gasteiger partial charge in [-0.25, -0.2) is 13.2 Å². The normalized spacial score (nSPS) is 16.6. The van der Waals surface area contributed by atoms with E-state index in [4.69, 9.17) is 14.9 Å². The SMILES string of the molecule is COc1cc(/C=C2\C(=N)N3N=C(S(=O)(=O)CC(C)C)SC3=NC2=O)ccc1OC(=O)c1ccc(C)cc1. The predicted octanol–water partition coefficient (Wildman–Crippen LogP) is 3.87. The van der Waals surface area contributed by atoms with Crippen molar-refractivity contribution in [3.8, 4) is 11.5 Å². The molecular formula is C25H24N4O6S2. The fourth-order valence-electron chi connectivity index (χ4n) is 3.48. The maximum atomic E-state index is 12.7. The molecule has 12 heteroatoms. The summed E-state index contributed by atoms with van der Waals surface area (Å²) in [7, 11) is -2.26. The van der Waals surface area contributed by atoms with Crippen molar-refractivity contribution in [1.82, 2.24) is 5.01 Å². The Kier molecular flexibility index (Phi) is 7.32. The Morgan fingerprint density at radius 3 is 2.51 bits per heavy atom. The first-order valence-electron chi connectivity index (χ1n) is 11.2. The molecule has 2 aliphatic rings. The third kappa shape index (κ3) is 5.65. The zero-order valence-corrected chi connectivity index (χ0v) is 22.1. The Bertz CT molecular complexity index is 1490. The number of esters is 1. The lowest BCUT2D eigenvalue weighted by molar-refractivity contribution is -0.114. The zero-order valence-electron chi connectivity index (χ0n) is 20.5. The van der Waals surface area contributed by atoms with Crippen LogP contribution >= 0.6 is 11.8 Å². The fraction of sp³-hybridized carbons (Fsp3) is 0.240. The average molecular weight is 541 g/mol. The van der Waals surface area contributed by atoms with Crippen LogP contribution in [0.1, 0.15) is 35.3 Å². The number of nitrogens with one attached hydrogen (secondary N) is 1. The molecule has 2 heterocycles. The third-order valence-electron chi connectivity index (χ3n) is 5.24. The van der Waals surface area contributed by atoms with Crippen molar-refractivity contribution >= 4 is 54.9 Å². The number of carbonyl (C=O) groups excluding carboxylic acids is 2. The number of thioether (sulfide) groups is 1. The number of rotatable bonds is 6. The Morgan fingerprint density at radius 1 is 1.16 bits per heavy atom. The largest absolute Gasteiger partial charge is 0.493 e. The molecule has 0 unspecified atom stereocenters. The number of amides is 1. The first-order chi connectivity index (χ1) is 17.5. The van der Waals surface area contributed by atoms with Crippen LogP contribution in [0, 0.1) is 18.3 Å². The second-order valence-electron chi connectivity index (χ2n) is 8.73. The number of sulfone groups is 1. The molecule has 10 nitrogen and oxygen atoms in total. The molecule has 2 aliphatic heterocycles. The van der Waals surface area contributed by atoms with Crippen LogP contribution in [0.15, 0.2) is 58.1 Å². The Labute approximate surface area is 218 Å². The van der Waals surface area contributed by atoms with E-state index in [1.165, 1.54) is 19.3 Å². The van der Waals surface area contributed by atoms with Crippen molar-refractivity contribution in [3.63, 3.8) is 0 Å². The maximum absolute atomic E-state index is 12.7. The summed E-state index contributed by atoms with van der Waals surface area (Å²) in [6.07, 6.45) is 1.42. The summed E-state index contributed by atoms with van der Waals surface area (Å²) in [5.74, 6) is -1.35. The number of nitrogens with zero attached hydrogens (tertiary/aromatic N) is 3. The first kappa shape index (κ1) is 26.3. The number of amidine groups is 2. The summed E-state index contributed by atoms with van der Waals surface area (Å²) in [6.45, 7) is 5.47. The van der Waals surface area contributed by atoms with Crippen molar-refractivity contribution in [3.05, 3.63) is 64.7 Å². The van der Waals surface area contributed by atoms with Gasteiger partial charge < -0.3 is 9.47 Å². The zero-order chi connectivity index (χ0) is 26.9. The highest BCUT2D eigenvalue weighted by molar-refractivity contribution is 8.42. The average Bonchev–Trinajstić information content (AvgIpc) is 3.27. The number of benzene rings is 2. The number of fused-ring (bicyclic) bond motifs is 1. The minimum Gasteiger partial charge on any atom is -0.493 e. The first-order valence-corrected chi connectivity index (χ1v) is 13.6. The van der Waals surface area contributed by atoms with Gasteiger partial charge in [-0.15, -0.1) is 5.10 Å². The van der Waals surface area contributed by atoms with Crippen molar-refractivity contribution < 1.29 is 27.5 Å². The van der Waals surface area contributed by atoms with Gasteiger partial charge in [0.05, 0.1) is 24.0 Å². The number of methoxy groups -OCH3 is 1. The van der Waals surface area contributed by atoms with E-state index in [0.717, 1.165) is 22.3 Å². The molecule has 37 heavy (non-hydrogen) atoms. The number of aliphatic imine (C=N–C) groups is 1. The molecule has 2 aromatic rings. The van der Waals surface area contributed by atoms with Crippen LogP contribution in [0.2, 0.25) is 0 Å². The van der Waals surface area contributed by atoms with Crippen molar-refractivity contribution in [2.24, 2.45) is 16.0 Å². The van der Waals surface area contributed by atoms with Gasteiger partial charge >= 0.3 is 5.97 Å². The van der Waals surface area contributed by atoms with Crippen LogP contribution in [-0.2, 0) is 14.6 Å². The molecule has 0 aliphatic carbocycles. The standard InChI is InChI=1S/C25H24N4O6S2/c1-14(2)13-37(32,33)25-28-29-21(26)18(22(30)27-24(29)36-25)11-16-7-10-19(20(12-16)34-4)35-23(31)17-8-5-15(3)6-9-17/h5-12,14,26H,13H2,1-4H3/b18-11+,26-21?. The van der Waals surface area contributed by atoms with Gasteiger partial charge in [-0.1, -0.05) is 37.6 Å². The number of hydrogen-bond donors (Lipinski definition) is 1. The van der Waals surface area contributed by atoms with E-state index in [9.17, 15) is 18.0 Å². The Morgan fingerprint density at radius 2 is 1.86 bits per heavy atom. The van der Waals surface area contributed by atoms with Crippen LogP contribution in [0.5, 0.6) is 11.5 Å². The van der Waals surface area contributed by atoms with Crippen molar-refractivity contribution in [2.75, 3.05) is 12.9 Å². The van der Waals surface area contributed by atoms with Gasteiger partial charge in [-0.05, 0) is 60.5 Å². The molecule has 0 bridgehead atoms. The van der Waals surface area contributed by atoms with E-state index in [1.807, 2.05) is 6.92 Å². The van der Waals surface area contributed by atoms with E-state index < -0.39 is 21.7 Å². The molecule has 0 saturated heterocycles. The molecule has 0 spiro atoms. The van der Waals surface area contributed by atoms with Crippen LogP contribution in [-0.4, -0.2) is 53.5 Å². The number of aryl methyl sites for hydroxylation is 1. The lowest BCUT2D eigenvalue weighted by atomic mass is 10.1. The number of ether oxygens (including phenoxy) is 2. The number of hydrazone groups is 1.